The van der Waals surface area contributed by atoms with Gasteiger partial charge in [0.05, 0.1) is 12.2 Å². The highest BCUT2D eigenvalue weighted by Gasteiger charge is 2.36. The first-order valence-corrected chi connectivity index (χ1v) is 9.11. The molecular formula is C21H29NO5. The molecule has 1 amide bonds. The minimum Gasteiger partial charge on any atom is -0.465 e. The van der Waals surface area contributed by atoms with Crippen LogP contribution in [0.5, 0.6) is 0 Å². The summed E-state index contributed by atoms with van der Waals surface area (Å²) >= 11 is 0. The number of carboxylic acid groups (broad SMARTS) is 1. The van der Waals surface area contributed by atoms with E-state index in [1.807, 2.05) is 34.6 Å². The van der Waals surface area contributed by atoms with Crippen LogP contribution in [-0.2, 0) is 27.4 Å². The van der Waals surface area contributed by atoms with E-state index < -0.39 is 23.8 Å². The third kappa shape index (κ3) is 4.16. The molecule has 1 aromatic carbocycles. The number of hydrogen-bond donors (Lipinski definition) is 1. The molecule has 27 heavy (non-hydrogen) atoms. The number of hydrogen-bond acceptors (Lipinski definition) is 4. The zero-order valence-corrected chi connectivity index (χ0v) is 17.0. The maximum absolute atomic E-state index is 12.7. The van der Waals surface area contributed by atoms with Gasteiger partial charge in [0.15, 0.2) is 6.10 Å². The second-order valence-electron chi connectivity index (χ2n) is 7.74. The van der Waals surface area contributed by atoms with E-state index in [0.29, 0.717) is 18.7 Å². The largest absolute Gasteiger partial charge is 0.465 e. The fourth-order valence-electron chi connectivity index (χ4n) is 3.58. The first kappa shape index (κ1) is 21.0. The highest BCUT2D eigenvalue weighted by atomic mass is 16.6. The van der Waals surface area contributed by atoms with Crippen molar-refractivity contribution in [1.82, 2.24) is 4.90 Å². The number of carbonyl (C=O) groups is 2. The van der Waals surface area contributed by atoms with Gasteiger partial charge in [0.25, 0.3) is 0 Å². The van der Waals surface area contributed by atoms with Gasteiger partial charge in [-0.3, -0.25) is 4.90 Å². The lowest BCUT2D eigenvalue weighted by atomic mass is 9.86. The highest BCUT2D eigenvalue weighted by Crippen LogP contribution is 2.39. The summed E-state index contributed by atoms with van der Waals surface area (Å²) in [5.41, 5.74) is 4.65. The molecule has 1 aliphatic rings. The van der Waals surface area contributed by atoms with Gasteiger partial charge in [0.2, 0.25) is 0 Å². The summed E-state index contributed by atoms with van der Waals surface area (Å²) in [6.07, 6.45) is -0.153. The number of esters is 1. The second kappa shape index (κ2) is 7.72. The maximum Gasteiger partial charge on any atom is 0.407 e. The van der Waals surface area contributed by atoms with Crippen molar-refractivity contribution < 1.29 is 24.2 Å². The summed E-state index contributed by atoms with van der Waals surface area (Å²) in [6, 6.07) is 0. The Kier molecular flexibility index (Phi) is 6.00. The predicted octanol–water partition coefficient (Wildman–Crippen LogP) is 4.36. The van der Waals surface area contributed by atoms with E-state index >= 15 is 0 Å². The smallest absolute Gasteiger partial charge is 0.407 e. The fourth-order valence-corrected chi connectivity index (χ4v) is 3.58. The fraction of sp³-hybridized carbons (Fsp3) is 0.524. The van der Waals surface area contributed by atoms with Crippen molar-refractivity contribution in [2.45, 2.75) is 66.3 Å². The number of nitrogens with zero attached hydrogens (tertiary/aromatic N) is 1. The van der Waals surface area contributed by atoms with Crippen molar-refractivity contribution in [2.75, 3.05) is 6.61 Å². The molecule has 0 aromatic heterocycles. The van der Waals surface area contributed by atoms with Crippen LogP contribution in [0.4, 0.5) is 4.79 Å². The average Bonchev–Trinajstić information content (AvgIpc) is 3.01. The third-order valence-corrected chi connectivity index (χ3v) is 4.77. The van der Waals surface area contributed by atoms with E-state index in [1.54, 1.807) is 13.0 Å². The monoisotopic (exact) mass is 375 g/mol. The summed E-state index contributed by atoms with van der Waals surface area (Å²) in [4.78, 5) is 25.6. The number of rotatable bonds is 5. The van der Waals surface area contributed by atoms with Gasteiger partial charge in [-0.25, -0.2) is 9.59 Å². The van der Waals surface area contributed by atoms with Crippen LogP contribution in [0, 0.1) is 13.8 Å². The molecule has 0 bridgehead atoms. The zero-order valence-electron chi connectivity index (χ0n) is 17.0. The molecule has 0 aliphatic carbocycles. The van der Waals surface area contributed by atoms with Gasteiger partial charge in [-0.1, -0.05) is 12.7 Å². The van der Waals surface area contributed by atoms with Crippen LogP contribution in [0.25, 0.3) is 6.08 Å². The number of fused-ring (bicyclic) bond motifs is 1. The van der Waals surface area contributed by atoms with Crippen LogP contribution >= 0.6 is 0 Å². The van der Waals surface area contributed by atoms with E-state index in [9.17, 15) is 14.7 Å². The molecule has 0 fully saturated rings. The SMILES string of the molecule is C=Cc1c(C)c2c(c(C)c1[C@H](OC(C)(C)C)C(=O)OCC)CN(C(=O)O)C2. The Morgan fingerprint density at radius 2 is 1.78 bits per heavy atom. The van der Waals surface area contributed by atoms with Crippen LogP contribution in [0.2, 0.25) is 0 Å². The predicted molar refractivity (Wildman–Crippen MR) is 103 cm³/mol. The second-order valence-corrected chi connectivity index (χ2v) is 7.74. The van der Waals surface area contributed by atoms with Crippen molar-refractivity contribution in [3.63, 3.8) is 0 Å². The Hall–Kier alpha value is -2.34. The van der Waals surface area contributed by atoms with Gasteiger partial charge in [-0.15, -0.1) is 0 Å². The molecule has 0 spiro atoms. The molecule has 6 nitrogen and oxygen atoms in total. The summed E-state index contributed by atoms with van der Waals surface area (Å²) in [5, 5.41) is 9.39. The van der Waals surface area contributed by atoms with Gasteiger partial charge in [0.1, 0.15) is 0 Å². The quantitative estimate of drug-likeness (QED) is 0.774. The summed E-state index contributed by atoms with van der Waals surface area (Å²) in [5.74, 6) is -0.453. The summed E-state index contributed by atoms with van der Waals surface area (Å²) < 4.78 is 11.4. The number of ether oxygens (including phenoxy) is 2. The molecule has 1 N–H and O–H groups in total. The van der Waals surface area contributed by atoms with Crippen molar-refractivity contribution >= 4 is 18.1 Å². The van der Waals surface area contributed by atoms with Gasteiger partial charge >= 0.3 is 12.1 Å². The first-order chi connectivity index (χ1) is 12.5. The summed E-state index contributed by atoms with van der Waals surface area (Å²) in [7, 11) is 0. The summed E-state index contributed by atoms with van der Waals surface area (Å²) in [6.45, 7) is 16.1. The zero-order chi connectivity index (χ0) is 20.5. The van der Waals surface area contributed by atoms with E-state index in [0.717, 1.165) is 27.8 Å². The normalized spacial score (nSPS) is 14.7. The lowest BCUT2D eigenvalue weighted by Crippen LogP contribution is -2.30. The van der Waals surface area contributed by atoms with E-state index in [4.69, 9.17) is 9.47 Å². The maximum atomic E-state index is 12.7. The van der Waals surface area contributed by atoms with Crippen LogP contribution in [-0.4, -0.2) is 34.3 Å². The minimum absolute atomic E-state index is 0.252. The molecule has 1 heterocycles. The molecule has 0 saturated heterocycles. The molecule has 0 unspecified atom stereocenters. The lowest BCUT2D eigenvalue weighted by molar-refractivity contribution is -0.166. The molecule has 148 valence electrons. The Bertz CT molecular complexity index is 776. The lowest BCUT2D eigenvalue weighted by Gasteiger charge is -2.30. The molecular weight excluding hydrogens is 346 g/mol. The van der Waals surface area contributed by atoms with Crippen molar-refractivity contribution in [3.05, 3.63) is 40.0 Å². The number of carbonyl (C=O) groups excluding carboxylic acids is 1. The van der Waals surface area contributed by atoms with Crippen LogP contribution in [0.15, 0.2) is 6.58 Å². The van der Waals surface area contributed by atoms with Crippen molar-refractivity contribution in [3.8, 4) is 0 Å². The van der Waals surface area contributed by atoms with Gasteiger partial charge in [-0.05, 0) is 69.4 Å². The standard InChI is InChI=1S/C21H29NO5/c1-8-14-12(3)15-10-22(20(24)25)11-16(15)13(4)17(14)18(19(23)26-9-2)27-21(5,6)7/h8,18H,1,9-11H2,2-7H3,(H,24,25)/t18-/m0/s1. The van der Waals surface area contributed by atoms with Gasteiger partial charge < -0.3 is 14.6 Å². The van der Waals surface area contributed by atoms with Gasteiger partial charge in [-0.2, -0.15) is 0 Å². The van der Waals surface area contributed by atoms with Crippen molar-refractivity contribution in [2.24, 2.45) is 0 Å². The topological polar surface area (TPSA) is 76.1 Å². The third-order valence-electron chi connectivity index (χ3n) is 4.77. The van der Waals surface area contributed by atoms with E-state index in [1.165, 1.54) is 4.90 Å². The molecule has 1 aromatic rings. The van der Waals surface area contributed by atoms with Crippen LogP contribution in [0.1, 0.15) is 67.2 Å². The Morgan fingerprint density at radius 1 is 1.22 bits per heavy atom. The molecule has 1 atom stereocenters. The highest BCUT2D eigenvalue weighted by molar-refractivity contribution is 5.81. The Labute approximate surface area is 160 Å². The number of amides is 1. The van der Waals surface area contributed by atoms with Gasteiger partial charge in [0, 0.05) is 18.7 Å². The molecule has 0 saturated carbocycles. The molecule has 6 heteroatoms. The first-order valence-electron chi connectivity index (χ1n) is 9.11. The molecule has 2 rings (SSSR count). The number of benzene rings is 1. The minimum atomic E-state index is -0.959. The molecule has 0 radical (unpaired) electrons. The molecule has 1 aliphatic heterocycles. The van der Waals surface area contributed by atoms with E-state index in [2.05, 4.69) is 6.58 Å². The Morgan fingerprint density at radius 3 is 2.22 bits per heavy atom. The van der Waals surface area contributed by atoms with Crippen LogP contribution in [0.3, 0.4) is 0 Å². The Balaban J connectivity index is 2.69. The average molecular weight is 375 g/mol. The van der Waals surface area contributed by atoms with Crippen molar-refractivity contribution in [1.29, 1.82) is 0 Å². The van der Waals surface area contributed by atoms with Crippen LogP contribution < -0.4 is 0 Å². The van der Waals surface area contributed by atoms with E-state index in [-0.39, 0.29) is 6.61 Å².